The van der Waals surface area contributed by atoms with E-state index in [2.05, 4.69) is 79.4 Å². The second-order valence-electron chi connectivity index (χ2n) is 11.7. The SMILES string of the molecule is Cc1cccc(COc2ccccc2CN(CC[C@H](N)C(=O)O)Cc2cc3c(cc2OCc2cccc(C)c2)CCC3)c1. The van der Waals surface area contributed by atoms with E-state index < -0.39 is 12.0 Å². The van der Waals surface area contributed by atoms with Gasteiger partial charge in [0.2, 0.25) is 0 Å². The molecule has 43 heavy (non-hydrogen) atoms. The van der Waals surface area contributed by atoms with E-state index in [1.165, 1.54) is 22.3 Å². The lowest BCUT2D eigenvalue weighted by Gasteiger charge is -2.26. The molecule has 0 bridgehead atoms. The summed E-state index contributed by atoms with van der Waals surface area (Å²) >= 11 is 0. The van der Waals surface area contributed by atoms with Crippen LogP contribution in [0.15, 0.2) is 84.9 Å². The minimum absolute atomic E-state index is 0.339. The number of rotatable bonds is 14. The van der Waals surface area contributed by atoms with Gasteiger partial charge >= 0.3 is 5.97 Å². The predicted octanol–water partition coefficient (Wildman–Crippen LogP) is 6.75. The average molecular weight is 579 g/mol. The lowest BCUT2D eigenvalue weighted by atomic mass is 10.0. The van der Waals surface area contributed by atoms with Crippen molar-refractivity contribution in [3.8, 4) is 11.5 Å². The number of carboxylic acids is 1. The molecule has 4 aromatic rings. The number of aliphatic carboxylic acids is 1. The van der Waals surface area contributed by atoms with Crippen LogP contribution in [-0.2, 0) is 43.9 Å². The Morgan fingerprint density at radius 3 is 2.05 bits per heavy atom. The van der Waals surface area contributed by atoms with Crippen LogP contribution in [0.3, 0.4) is 0 Å². The van der Waals surface area contributed by atoms with Gasteiger partial charge in [-0.15, -0.1) is 0 Å². The average Bonchev–Trinajstić information content (AvgIpc) is 3.45. The maximum Gasteiger partial charge on any atom is 0.320 e. The van der Waals surface area contributed by atoms with Crippen LogP contribution < -0.4 is 15.2 Å². The van der Waals surface area contributed by atoms with Gasteiger partial charge in [-0.25, -0.2) is 0 Å². The maximum atomic E-state index is 11.6. The number of ether oxygens (including phenoxy) is 2. The van der Waals surface area contributed by atoms with Crippen LogP contribution in [0.4, 0.5) is 0 Å². The summed E-state index contributed by atoms with van der Waals surface area (Å²) in [6.07, 6.45) is 3.63. The molecule has 0 saturated heterocycles. The van der Waals surface area contributed by atoms with Crippen molar-refractivity contribution in [1.29, 1.82) is 0 Å². The second kappa shape index (κ2) is 14.4. The maximum absolute atomic E-state index is 11.6. The lowest BCUT2D eigenvalue weighted by molar-refractivity contribution is -0.138. The van der Waals surface area contributed by atoms with Gasteiger partial charge in [-0.1, -0.05) is 83.9 Å². The molecule has 224 valence electrons. The minimum Gasteiger partial charge on any atom is -0.489 e. The third kappa shape index (κ3) is 8.46. The molecule has 0 heterocycles. The number of para-hydroxylation sites is 1. The van der Waals surface area contributed by atoms with Crippen LogP contribution in [0.5, 0.6) is 11.5 Å². The summed E-state index contributed by atoms with van der Waals surface area (Å²) in [6.45, 7) is 6.85. The molecule has 0 radical (unpaired) electrons. The van der Waals surface area contributed by atoms with Crippen LogP contribution in [0, 0.1) is 13.8 Å². The number of carboxylic acid groups (broad SMARTS) is 1. The monoisotopic (exact) mass is 578 g/mol. The zero-order valence-corrected chi connectivity index (χ0v) is 25.2. The molecule has 1 aliphatic rings. The smallest absolute Gasteiger partial charge is 0.320 e. The largest absolute Gasteiger partial charge is 0.489 e. The molecule has 6 nitrogen and oxygen atoms in total. The fourth-order valence-electron chi connectivity index (χ4n) is 5.75. The van der Waals surface area contributed by atoms with Gasteiger partial charge in [0.1, 0.15) is 30.8 Å². The van der Waals surface area contributed by atoms with Gasteiger partial charge in [0, 0.05) is 30.8 Å². The van der Waals surface area contributed by atoms with Crippen LogP contribution >= 0.6 is 0 Å². The number of aryl methyl sites for hydroxylation is 4. The summed E-state index contributed by atoms with van der Waals surface area (Å²) in [5.74, 6) is 0.724. The van der Waals surface area contributed by atoms with Gasteiger partial charge in [0.05, 0.1) is 0 Å². The summed E-state index contributed by atoms with van der Waals surface area (Å²) in [6, 6.07) is 28.4. The summed E-state index contributed by atoms with van der Waals surface area (Å²) in [5, 5.41) is 9.48. The lowest BCUT2D eigenvalue weighted by Crippen LogP contribution is -2.35. The number of nitrogens with zero attached hydrogens (tertiary/aromatic N) is 1. The van der Waals surface area contributed by atoms with Gasteiger partial charge in [0.25, 0.3) is 0 Å². The number of carbonyl (C=O) groups is 1. The first-order chi connectivity index (χ1) is 20.8. The first-order valence-electron chi connectivity index (χ1n) is 15.1. The standard InChI is InChI=1S/C37H42N2O4/c1-26-8-5-10-28(18-26)24-42-35-15-4-3-12-32(35)22-39(17-16-34(38)37(40)41)23-33-20-30-13-7-14-31(30)21-36(33)43-25-29-11-6-9-27(2)19-29/h3-6,8-12,15,18-21,34H,7,13-14,16-17,22-25,38H2,1-2H3,(H,40,41)/t34-/m0/s1. The molecular weight excluding hydrogens is 536 g/mol. The zero-order chi connectivity index (χ0) is 30.2. The molecule has 4 aromatic carbocycles. The van der Waals surface area contributed by atoms with Crippen molar-refractivity contribution in [3.63, 3.8) is 0 Å². The normalized spacial score (nSPS) is 13.1. The highest BCUT2D eigenvalue weighted by Gasteiger charge is 2.20. The summed E-state index contributed by atoms with van der Waals surface area (Å²) in [4.78, 5) is 13.8. The van der Waals surface area contributed by atoms with Crippen molar-refractivity contribution in [3.05, 3.63) is 129 Å². The summed E-state index contributed by atoms with van der Waals surface area (Å²) < 4.78 is 12.8. The number of benzene rings is 4. The molecule has 5 rings (SSSR count). The molecule has 0 saturated carbocycles. The van der Waals surface area contributed by atoms with Crippen molar-refractivity contribution in [2.45, 2.75) is 71.9 Å². The van der Waals surface area contributed by atoms with Crippen molar-refractivity contribution >= 4 is 5.97 Å². The third-order valence-electron chi connectivity index (χ3n) is 8.06. The van der Waals surface area contributed by atoms with Crippen LogP contribution in [0.1, 0.15) is 57.3 Å². The fraction of sp³-hybridized carbons (Fsp3) is 0.324. The van der Waals surface area contributed by atoms with Crippen LogP contribution in [0.25, 0.3) is 0 Å². The summed E-state index contributed by atoms with van der Waals surface area (Å²) in [5.41, 5.74) is 15.5. The van der Waals surface area contributed by atoms with E-state index in [4.69, 9.17) is 15.2 Å². The number of fused-ring (bicyclic) bond motifs is 1. The van der Waals surface area contributed by atoms with Crippen molar-refractivity contribution in [2.75, 3.05) is 6.54 Å². The minimum atomic E-state index is -0.985. The van der Waals surface area contributed by atoms with E-state index >= 15 is 0 Å². The van der Waals surface area contributed by atoms with Gasteiger partial charge in [-0.2, -0.15) is 0 Å². The molecule has 0 aromatic heterocycles. The predicted molar refractivity (Wildman–Crippen MR) is 170 cm³/mol. The highest BCUT2D eigenvalue weighted by atomic mass is 16.5. The molecule has 1 aliphatic carbocycles. The quantitative estimate of drug-likeness (QED) is 0.172. The van der Waals surface area contributed by atoms with E-state index in [0.29, 0.717) is 39.3 Å². The van der Waals surface area contributed by atoms with Gasteiger partial charge in [-0.05, 0) is 73.9 Å². The molecule has 0 spiro atoms. The van der Waals surface area contributed by atoms with Crippen molar-refractivity contribution < 1.29 is 19.4 Å². The molecular formula is C37H42N2O4. The van der Waals surface area contributed by atoms with E-state index in [0.717, 1.165) is 53.0 Å². The van der Waals surface area contributed by atoms with Gasteiger partial charge in [0.15, 0.2) is 0 Å². The van der Waals surface area contributed by atoms with E-state index in [1.54, 1.807) is 0 Å². The van der Waals surface area contributed by atoms with Gasteiger partial charge in [-0.3, -0.25) is 9.69 Å². The number of hydrogen-bond acceptors (Lipinski definition) is 5. The Balaban J connectivity index is 1.38. The summed E-state index contributed by atoms with van der Waals surface area (Å²) in [7, 11) is 0. The first-order valence-corrected chi connectivity index (χ1v) is 15.1. The topological polar surface area (TPSA) is 85.0 Å². The highest BCUT2D eigenvalue weighted by Crippen LogP contribution is 2.32. The molecule has 3 N–H and O–H groups in total. The van der Waals surface area contributed by atoms with Crippen LogP contribution in [0.2, 0.25) is 0 Å². The van der Waals surface area contributed by atoms with Crippen LogP contribution in [-0.4, -0.2) is 28.6 Å². The number of hydrogen-bond donors (Lipinski definition) is 2. The highest BCUT2D eigenvalue weighted by molar-refractivity contribution is 5.73. The Kier molecular flexibility index (Phi) is 10.1. The Bertz CT molecular complexity index is 1550. The molecule has 0 aliphatic heterocycles. The van der Waals surface area contributed by atoms with E-state index in [1.807, 2.05) is 24.3 Å². The van der Waals surface area contributed by atoms with Crippen molar-refractivity contribution in [1.82, 2.24) is 4.90 Å². The second-order valence-corrected chi connectivity index (χ2v) is 11.7. The van der Waals surface area contributed by atoms with E-state index in [9.17, 15) is 9.90 Å². The first kappa shape index (κ1) is 30.3. The zero-order valence-electron chi connectivity index (χ0n) is 25.2. The molecule has 0 fully saturated rings. The third-order valence-corrected chi connectivity index (χ3v) is 8.06. The molecule has 6 heteroatoms. The Labute approximate surface area is 255 Å². The molecule has 1 atom stereocenters. The Morgan fingerprint density at radius 1 is 0.791 bits per heavy atom. The van der Waals surface area contributed by atoms with Crippen molar-refractivity contribution in [2.24, 2.45) is 5.73 Å². The van der Waals surface area contributed by atoms with Gasteiger partial charge < -0.3 is 20.3 Å². The number of nitrogens with two attached hydrogens (primary N) is 1. The Hall–Kier alpha value is -4.13. The fourth-order valence-corrected chi connectivity index (χ4v) is 5.75. The van der Waals surface area contributed by atoms with E-state index in [-0.39, 0.29) is 0 Å². The Morgan fingerprint density at radius 2 is 1.40 bits per heavy atom. The molecule has 0 amide bonds. The molecule has 0 unspecified atom stereocenters.